The number of nitrogens with one attached hydrogen (secondary N) is 2. The van der Waals surface area contributed by atoms with Gasteiger partial charge in [0.1, 0.15) is 0 Å². The molecule has 0 saturated heterocycles. The molecule has 0 aromatic carbocycles. The third-order valence-electron chi connectivity index (χ3n) is 1.95. The summed E-state index contributed by atoms with van der Waals surface area (Å²) in [7, 11) is 3.59. The van der Waals surface area contributed by atoms with Crippen molar-refractivity contribution in [2.24, 2.45) is 4.99 Å². The summed E-state index contributed by atoms with van der Waals surface area (Å²) in [6.07, 6.45) is 5.26. The fourth-order valence-corrected chi connectivity index (χ4v) is 0.844. The molecule has 3 nitrogen and oxygen atoms in total. The summed E-state index contributed by atoms with van der Waals surface area (Å²) in [5.41, 5.74) is 2.44. The average Bonchev–Trinajstić information content (AvgIpc) is 2.22. The van der Waals surface area contributed by atoms with Crippen LogP contribution in [0.4, 0.5) is 0 Å². The van der Waals surface area contributed by atoms with Crippen molar-refractivity contribution in [3.63, 3.8) is 0 Å². The van der Waals surface area contributed by atoms with Crippen LogP contribution in [0, 0.1) is 0 Å². The largest absolute Gasteiger partial charge is 0.359 e. The number of rotatable bonds is 3. The number of allylic oxidation sites excluding steroid dienone is 4. The van der Waals surface area contributed by atoms with E-state index in [1.165, 1.54) is 5.57 Å². The lowest BCUT2D eigenvalue weighted by atomic mass is 10.2. The summed E-state index contributed by atoms with van der Waals surface area (Å²) in [4.78, 5) is 4.03. The first-order valence-electron chi connectivity index (χ1n) is 4.89. The van der Waals surface area contributed by atoms with Crippen molar-refractivity contribution in [3.8, 4) is 0 Å². The van der Waals surface area contributed by atoms with Crippen molar-refractivity contribution >= 4 is 5.96 Å². The number of nitrogens with zero attached hydrogens (tertiary/aromatic N) is 1. The van der Waals surface area contributed by atoms with Gasteiger partial charge in [-0.15, -0.1) is 0 Å². The minimum Gasteiger partial charge on any atom is -0.359 e. The van der Waals surface area contributed by atoms with Gasteiger partial charge in [-0.2, -0.15) is 0 Å². The fourth-order valence-electron chi connectivity index (χ4n) is 0.844. The Morgan fingerprint density at radius 2 is 1.93 bits per heavy atom. The van der Waals surface area contributed by atoms with Gasteiger partial charge in [-0.05, 0) is 26.3 Å². The molecule has 0 aliphatic rings. The highest BCUT2D eigenvalue weighted by molar-refractivity contribution is 5.80. The molecule has 2 N–H and O–H groups in total. The van der Waals surface area contributed by atoms with Gasteiger partial charge in [-0.25, -0.2) is 0 Å². The van der Waals surface area contributed by atoms with Crippen molar-refractivity contribution < 1.29 is 0 Å². The van der Waals surface area contributed by atoms with Crippen LogP contribution < -0.4 is 10.6 Å². The quantitative estimate of drug-likeness (QED) is 0.411. The molecule has 0 aromatic rings. The molecule has 0 atom stereocenters. The number of aliphatic imine (C=N–C) groups is 1. The van der Waals surface area contributed by atoms with Crippen molar-refractivity contribution in [1.82, 2.24) is 10.6 Å². The van der Waals surface area contributed by atoms with E-state index in [9.17, 15) is 0 Å². The van der Waals surface area contributed by atoms with Crippen LogP contribution in [0.25, 0.3) is 0 Å². The van der Waals surface area contributed by atoms with Gasteiger partial charge in [0, 0.05) is 19.8 Å². The Bertz CT molecular complexity index is 249. The Hall–Kier alpha value is -1.25. The molecular weight excluding hydrogens is 174 g/mol. The molecule has 0 unspecified atom stereocenters. The molecule has 0 spiro atoms. The van der Waals surface area contributed by atoms with Gasteiger partial charge in [-0.3, -0.25) is 4.99 Å². The number of hydrogen-bond donors (Lipinski definition) is 2. The molecule has 0 saturated carbocycles. The van der Waals surface area contributed by atoms with Crippen LogP contribution in [-0.4, -0.2) is 20.1 Å². The Balaban J connectivity index is 4.27. The van der Waals surface area contributed by atoms with E-state index in [-0.39, 0.29) is 0 Å². The predicted molar refractivity (Wildman–Crippen MR) is 63.4 cm³/mol. The Kier molecular flexibility index (Phi) is 6.54. The normalized spacial score (nSPS) is 14.2. The molecule has 0 rings (SSSR count). The van der Waals surface area contributed by atoms with Crippen molar-refractivity contribution in [2.45, 2.75) is 27.2 Å². The van der Waals surface area contributed by atoms with Crippen LogP contribution in [0.5, 0.6) is 0 Å². The third-order valence-corrected chi connectivity index (χ3v) is 1.95. The van der Waals surface area contributed by atoms with E-state index in [2.05, 4.69) is 41.6 Å². The zero-order valence-corrected chi connectivity index (χ0v) is 9.81. The highest BCUT2D eigenvalue weighted by Gasteiger charge is 1.92. The van der Waals surface area contributed by atoms with Gasteiger partial charge in [0.05, 0.1) is 0 Å². The zero-order valence-electron chi connectivity index (χ0n) is 9.81. The molecule has 0 aliphatic heterocycles. The maximum atomic E-state index is 4.03. The van der Waals surface area contributed by atoms with E-state index < -0.39 is 0 Å². The van der Waals surface area contributed by atoms with E-state index in [0.717, 1.165) is 18.1 Å². The first kappa shape index (κ1) is 12.8. The minimum absolute atomic E-state index is 0.779. The van der Waals surface area contributed by atoms with E-state index in [4.69, 9.17) is 0 Å². The van der Waals surface area contributed by atoms with Crippen LogP contribution in [0.1, 0.15) is 27.2 Å². The topological polar surface area (TPSA) is 36.4 Å². The predicted octanol–water partition coefficient (Wildman–Crippen LogP) is 2.04. The maximum absolute atomic E-state index is 4.03. The Labute approximate surface area is 87.0 Å². The van der Waals surface area contributed by atoms with Gasteiger partial charge >= 0.3 is 0 Å². The second kappa shape index (κ2) is 7.18. The molecule has 14 heavy (non-hydrogen) atoms. The number of hydrogen-bond acceptors (Lipinski definition) is 1. The van der Waals surface area contributed by atoms with E-state index in [1.807, 2.05) is 14.0 Å². The summed E-state index contributed by atoms with van der Waals surface area (Å²) in [6.45, 7) is 6.29. The summed E-state index contributed by atoms with van der Waals surface area (Å²) >= 11 is 0. The molecule has 0 bridgehead atoms. The SMILES string of the molecule is CC/C(C)=C\C=C(/C)NC(=NC)NC. The molecular formula is C11H21N3. The molecule has 0 fully saturated rings. The molecule has 0 aromatic heterocycles. The lowest BCUT2D eigenvalue weighted by Crippen LogP contribution is -2.33. The first-order chi connectivity index (χ1) is 6.63. The summed E-state index contributed by atoms with van der Waals surface area (Å²) in [5.74, 6) is 0.779. The van der Waals surface area contributed by atoms with Crippen molar-refractivity contribution in [1.29, 1.82) is 0 Å². The van der Waals surface area contributed by atoms with Crippen LogP contribution >= 0.6 is 0 Å². The Morgan fingerprint density at radius 1 is 1.29 bits per heavy atom. The van der Waals surface area contributed by atoms with Gasteiger partial charge < -0.3 is 10.6 Å². The molecule has 80 valence electrons. The summed E-state index contributed by atoms with van der Waals surface area (Å²) in [5, 5.41) is 6.11. The number of guanidine groups is 1. The highest BCUT2D eigenvalue weighted by Crippen LogP contribution is 1.99. The van der Waals surface area contributed by atoms with E-state index in [0.29, 0.717) is 0 Å². The van der Waals surface area contributed by atoms with Gasteiger partial charge in [0.2, 0.25) is 0 Å². The smallest absolute Gasteiger partial charge is 0.194 e. The molecule has 3 heteroatoms. The zero-order chi connectivity index (χ0) is 11.0. The first-order valence-corrected chi connectivity index (χ1v) is 4.89. The summed E-state index contributed by atoms with van der Waals surface area (Å²) < 4.78 is 0. The van der Waals surface area contributed by atoms with Gasteiger partial charge in [-0.1, -0.05) is 18.6 Å². The second-order valence-electron chi connectivity index (χ2n) is 3.16. The van der Waals surface area contributed by atoms with Gasteiger partial charge in [0.15, 0.2) is 5.96 Å². The standard InChI is InChI=1S/C11H21N3/c1-6-9(2)7-8-10(3)14-11(12-4)13-5/h7-8H,6H2,1-5H3,(H2,12,13,14)/b9-7-,10-8+. The minimum atomic E-state index is 0.779. The lowest BCUT2D eigenvalue weighted by molar-refractivity contribution is 0.994. The van der Waals surface area contributed by atoms with E-state index >= 15 is 0 Å². The second-order valence-corrected chi connectivity index (χ2v) is 3.16. The Morgan fingerprint density at radius 3 is 2.36 bits per heavy atom. The van der Waals surface area contributed by atoms with Crippen molar-refractivity contribution in [2.75, 3.05) is 14.1 Å². The monoisotopic (exact) mass is 195 g/mol. The fraction of sp³-hybridized carbons (Fsp3) is 0.545. The van der Waals surface area contributed by atoms with E-state index in [1.54, 1.807) is 7.05 Å². The van der Waals surface area contributed by atoms with Crippen molar-refractivity contribution in [3.05, 3.63) is 23.4 Å². The van der Waals surface area contributed by atoms with Crippen LogP contribution in [0.15, 0.2) is 28.4 Å². The molecule has 0 amide bonds. The molecule has 0 heterocycles. The van der Waals surface area contributed by atoms with Crippen LogP contribution in [-0.2, 0) is 0 Å². The average molecular weight is 195 g/mol. The molecule has 0 aliphatic carbocycles. The third kappa shape index (κ3) is 5.41. The van der Waals surface area contributed by atoms with Crippen LogP contribution in [0.3, 0.4) is 0 Å². The summed E-state index contributed by atoms with van der Waals surface area (Å²) in [6, 6.07) is 0. The highest BCUT2D eigenvalue weighted by atomic mass is 15.2. The lowest BCUT2D eigenvalue weighted by Gasteiger charge is -2.07. The maximum Gasteiger partial charge on any atom is 0.194 e. The van der Waals surface area contributed by atoms with Crippen LogP contribution in [0.2, 0.25) is 0 Å². The molecule has 0 radical (unpaired) electrons. The van der Waals surface area contributed by atoms with Gasteiger partial charge in [0.25, 0.3) is 0 Å².